The minimum atomic E-state index is -1.79. The summed E-state index contributed by atoms with van der Waals surface area (Å²) in [6.45, 7) is 2.86. The molecule has 12 unspecified atom stereocenters. The number of amides is 1. The van der Waals surface area contributed by atoms with Crippen molar-refractivity contribution >= 4 is 5.91 Å². The quantitative estimate of drug-likeness (QED) is 0.0204. The lowest BCUT2D eigenvalue weighted by Gasteiger charge is -2.46. The molecule has 0 aromatic heterocycles. The molecule has 2 fully saturated rings. The molecule has 14 heteroatoms. The van der Waals surface area contributed by atoms with Crippen molar-refractivity contribution in [2.24, 2.45) is 0 Å². The van der Waals surface area contributed by atoms with Crippen LogP contribution in [0.4, 0.5) is 0 Å². The van der Waals surface area contributed by atoms with Crippen molar-refractivity contribution in [2.75, 3.05) is 19.8 Å². The van der Waals surface area contributed by atoms with Crippen molar-refractivity contribution in [3.63, 3.8) is 0 Å². The lowest BCUT2D eigenvalue weighted by molar-refractivity contribution is -0.359. The van der Waals surface area contributed by atoms with Crippen LogP contribution in [-0.2, 0) is 23.7 Å². The van der Waals surface area contributed by atoms with Gasteiger partial charge in [-0.15, -0.1) is 0 Å². The van der Waals surface area contributed by atoms with E-state index in [4.69, 9.17) is 18.9 Å². The van der Waals surface area contributed by atoms with Crippen molar-refractivity contribution in [3.05, 3.63) is 24.3 Å². The van der Waals surface area contributed by atoms with E-state index < -0.39 is 86.8 Å². The molecule has 0 aromatic rings. The van der Waals surface area contributed by atoms with Crippen LogP contribution in [0, 0.1) is 0 Å². The molecule has 0 spiro atoms. The van der Waals surface area contributed by atoms with Gasteiger partial charge >= 0.3 is 0 Å². The van der Waals surface area contributed by atoms with Crippen LogP contribution < -0.4 is 5.32 Å². The second kappa shape index (κ2) is 64.8. The second-order valence-electron chi connectivity index (χ2n) is 28.9. The molecule has 556 valence electrons. The number of ether oxygens (including phenoxy) is 4. The second-order valence-corrected chi connectivity index (χ2v) is 28.9. The van der Waals surface area contributed by atoms with Gasteiger partial charge in [-0.1, -0.05) is 372 Å². The minimum absolute atomic E-state index is 0.240. The Morgan fingerprint density at radius 3 is 1.04 bits per heavy atom. The molecular weight excluding hydrogens is 1180 g/mol. The molecule has 2 saturated heterocycles. The molecule has 9 N–H and O–H groups in total. The van der Waals surface area contributed by atoms with E-state index in [9.17, 15) is 45.6 Å². The van der Waals surface area contributed by atoms with E-state index in [1.165, 1.54) is 321 Å². The molecule has 2 rings (SSSR count). The van der Waals surface area contributed by atoms with Crippen LogP contribution in [-0.4, -0.2) is 140 Å². The van der Waals surface area contributed by atoms with Crippen LogP contribution in [0.25, 0.3) is 0 Å². The third-order valence-corrected chi connectivity index (χ3v) is 20.1. The van der Waals surface area contributed by atoms with E-state index >= 15 is 0 Å². The maximum atomic E-state index is 13.4. The monoisotopic (exact) mass is 1340 g/mol. The number of nitrogens with one attached hydrogen (secondary N) is 1. The number of hydrogen-bond acceptors (Lipinski definition) is 13. The zero-order valence-electron chi connectivity index (χ0n) is 61.0. The Kier molecular flexibility index (Phi) is 61.1. The summed E-state index contributed by atoms with van der Waals surface area (Å²) in [4.78, 5) is 13.4. The summed E-state index contributed by atoms with van der Waals surface area (Å²) in [5.41, 5.74) is 0. The van der Waals surface area contributed by atoms with E-state index in [0.29, 0.717) is 12.8 Å². The third-order valence-electron chi connectivity index (χ3n) is 20.1. The molecule has 94 heavy (non-hydrogen) atoms. The lowest BCUT2D eigenvalue weighted by atomic mass is 9.97. The van der Waals surface area contributed by atoms with Gasteiger partial charge in [0, 0.05) is 6.42 Å². The van der Waals surface area contributed by atoms with Crippen molar-refractivity contribution in [1.29, 1.82) is 0 Å². The first-order valence-electron chi connectivity index (χ1n) is 40.6. The Morgan fingerprint density at radius 2 is 0.681 bits per heavy atom. The van der Waals surface area contributed by atoms with Gasteiger partial charge in [-0.05, 0) is 32.1 Å². The Morgan fingerprint density at radius 1 is 0.372 bits per heavy atom. The molecule has 2 aliphatic rings. The zero-order valence-corrected chi connectivity index (χ0v) is 61.0. The molecule has 0 aromatic carbocycles. The number of aliphatic hydroxyl groups excluding tert-OH is 8. The Balaban J connectivity index is 1.62. The van der Waals surface area contributed by atoms with E-state index in [1.807, 2.05) is 6.08 Å². The van der Waals surface area contributed by atoms with Gasteiger partial charge < -0.3 is 65.1 Å². The Labute approximate surface area is 577 Å². The number of carbonyl (C=O) groups is 1. The van der Waals surface area contributed by atoms with E-state index in [-0.39, 0.29) is 18.9 Å². The predicted molar refractivity (Wildman–Crippen MR) is 388 cm³/mol. The highest BCUT2D eigenvalue weighted by Crippen LogP contribution is 2.30. The highest BCUT2D eigenvalue weighted by Gasteiger charge is 2.51. The number of aliphatic hydroxyl groups is 8. The fourth-order valence-electron chi connectivity index (χ4n) is 13.7. The van der Waals surface area contributed by atoms with Crippen molar-refractivity contribution in [1.82, 2.24) is 5.32 Å². The summed E-state index contributed by atoms with van der Waals surface area (Å²) in [6, 6.07) is -0.930. The summed E-state index contributed by atoms with van der Waals surface area (Å²) in [7, 11) is 0. The van der Waals surface area contributed by atoms with Crippen molar-refractivity contribution in [2.45, 2.75) is 460 Å². The summed E-state index contributed by atoms with van der Waals surface area (Å²) >= 11 is 0. The van der Waals surface area contributed by atoms with Crippen LogP contribution in [0.2, 0.25) is 0 Å². The summed E-state index contributed by atoms with van der Waals surface area (Å²) < 4.78 is 22.9. The molecule has 12 atom stereocenters. The van der Waals surface area contributed by atoms with Crippen molar-refractivity contribution < 1.29 is 64.6 Å². The minimum Gasteiger partial charge on any atom is -0.394 e. The topological polar surface area (TPSA) is 228 Å². The largest absolute Gasteiger partial charge is 0.394 e. The average Bonchev–Trinajstić information content (AvgIpc) is 0.794. The molecule has 2 aliphatic heterocycles. The van der Waals surface area contributed by atoms with Gasteiger partial charge in [0.25, 0.3) is 0 Å². The summed E-state index contributed by atoms with van der Waals surface area (Å²) in [6.07, 6.45) is 67.0. The normalized spacial score (nSPS) is 22.5. The molecule has 0 radical (unpaired) electrons. The molecule has 0 saturated carbocycles. The van der Waals surface area contributed by atoms with Crippen molar-refractivity contribution in [3.8, 4) is 0 Å². The molecule has 0 bridgehead atoms. The van der Waals surface area contributed by atoms with Gasteiger partial charge in [0.05, 0.1) is 32.0 Å². The Bertz CT molecular complexity index is 1670. The predicted octanol–water partition coefficient (Wildman–Crippen LogP) is 18.3. The molecule has 2 heterocycles. The first kappa shape index (κ1) is 88.6. The van der Waals surface area contributed by atoms with Gasteiger partial charge in [-0.2, -0.15) is 0 Å². The van der Waals surface area contributed by atoms with Gasteiger partial charge in [-0.25, -0.2) is 0 Å². The highest BCUT2D eigenvalue weighted by molar-refractivity contribution is 5.76. The number of unbranched alkanes of at least 4 members (excludes halogenated alkanes) is 54. The zero-order chi connectivity index (χ0) is 68.0. The molecule has 1 amide bonds. The van der Waals surface area contributed by atoms with Crippen LogP contribution in [0.15, 0.2) is 24.3 Å². The molecule has 14 nitrogen and oxygen atoms in total. The van der Waals surface area contributed by atoms with E-state index in [1.54, 1.807) is 6.08 Å². The SMILES string of the molecule is CCCCCCCCCCCCCCCCCCCCCCCCCCCCC/C=C/CC/C=C/C(O)C(COC1OC(CO)C(OC2OC(CO)C(O)C(O)C2O)C(O)C1O)NC(=O)CCCCCCCCCCCCCCCCCCCCCCCCCCCCC. The average molecular weight is 1340 g/mol. The maximum Gasteiger partial charge on any atom is 0.220 e. The fraction of sp³-hybridized carbons (Fsp3) is 0.938. The lowest BCUT2D eigenvalue weighted by Crippen LogP contribution is -2.65. The summed E-state index contributed by atoms with van der Waals surface area (Å²) in [5.74, 6) is -0.240. The number of carbonyl (C=O) groups excluding carboxylic acids is 1. The van der Waals surface area contributed by atoms with E-state index in [0.717, 1.165) is 32.1 Å². The Hall–Kier alpha value is -1.53. The smallest absolute Gasteiger partial charge is 0.220 e. The first-order valence-corrected chi connectivity index (χ1v) is 40.6. The highest BCUT2D eigenvalue weighted by atomic mass is 16.7. The maximum absolute atomic E-state index is 13.4. The van der Waals surface area contributed by atoms with Crippen LogP contribution in [0.5, 0.6) is 0 Å². The number of rotatable bonds is 69. The number of hydrogen-bond donors (Lipinski definition) is 9. The number of allylic oxidation sites excluding steroid dienone is 3. The van der Waals surface area contributed by atoms with Gasteiger partial charge in [-0.3, -0.25) is 4.79 Å². The van der Waals surface area contributed by atoms with Gasteiger partial charge in [0.15, 0.2) is 12.6 Å². The van der Waals surface area contributed by atoms with Crippen LogP contribution >= 0.6 is 0 Å². The van der Waals surface area contributed by atoms with Gasteiger partial charge in [0.1, 0.15) is 48.8 Å². The molecule has 0 aliphatic carbocycles. The van der Waals surface area contributed by atoms with Crippen LogP contribution in [0.3, 0.4) is 0 Å². The standard InChI is InChI=1S/C80H153NO13/c1-3-5-7-9-11-13-15-17-19-21-23-25-27-29-31-32-33-34-35-36-38-39-41-43-45-47-49-51-53-55-57-59-61-63-69(84)68(67-91-79-77(90)75(88)78(71(66-83)93-79)94-80-76(89)74(87)73(86)70(65-82)92-80)81-72(85)64-62-60-58-56-54-52-50-48-46-44-42-40-37-30-28-26-24-22-20-18-16-14-12-10-8-6-4-2/h53,55,61,63,68-71,73-80,82-84,86-90H,3-52,54,56-60,62,64-67H2,1-2H3,(H,81,85)/b55-53+,63-61+. The first-order chi connectivity index (χ1) is 46.1. The summed E-state index contributed by atoms with van der Waals surface area (Å²) in [5, 5.41) is 87.7. The molecular formula is C80H153NO13. The van der Waals surface area contributed by atoms with E-state index in [2.05, 4.69) is 31.3 Å². The van der Waals surface area contributed by atoms with Crippen LogP contribution in [0.1, 0.15) is 386 Å². The fourth-order valence-corrected chi connectivity index (χ4v) is 13.7. The third kappa shape index (κ3) is 47.5. The van der Waals surface area contributed by atoms with Gasteiger partial charge in [0.2, 0.25) is 5.91 Å².